The average Bonchev–Trinajstić information content (AvgIpc) is 2.64. The lowest BCUT2D eigenvalue weighted by Crippen LogP contribution is -2.57. The molecule has 0 radical (unpaired) electrons. The van der Waals surface area contributed by atoms with Crippen molar-refractivity contribution in [3.05, 3.63) is 69.2 Å². The fourth-order valence-corrected chi connectivity index (χ4v) is 3.04. The highest BCUT2D eigenvalue weighted by Crippen LogP contribution is 2.24. The van der Waals surface area contributed by atoms with Gasteiger partial charge < -0.3 is 9.80 Å². The van der Waals surface area contributed by atoms with E-state index in [1.165, 1.54) is 29.2 Å². The molecular weight excluding hydrogens is 358 g/mol. The number of nitrogens with zero attached hydrogens (tertiary/aromatic N) is 3. The molecular formula is C18H16ClN3O4. The van der Waals surface area contributed by atoms with E-state index >= 15 is 0 Å². The molecule has 0 unspecified atom stereocenters. The number of carbonyl (C=O) groups is 2. The fourth-order valence-electron chi connectivity index (χ4n) is 2.92. The predicted octanol–water partition coefficient (Wildman–Crippen LogP) is 3.13. The Kier molecular flexibility index (Phi) is 4.90. The van der Waals surface area contributed by atoms with Crippen molar-refractivity contribution < 1.29 is 14.5 Å². The van der Waals surface area contributed by atoms with Crippen molar-refractivity contribution in [1.29, 1.82) is 0 Å². The number of amides is 2. The Morgan fingerprint density at radius 2 is 1.73 bits per heavy atom. The lowest BCUT2D eigenvalue weighted by molar-refractivity contribution is -0.384. The third-order valence-corrected chi connectivity index (χ3v) is 4.63. The molecule has 2 amide bonds. The highest BCUT2D eigenvalue weighted by molar-refractivity contribution is 6.30. The number of piperazine rings is 1. The first kappa shape index (κ1) is 17.9. The van der Waals surface area contributed by atoms with E-state index in [4.69, 9.17) is 11.6 Å². The van der Waals surface area contributed by atoms with Crippen LogP contribution in [0.5, 0.6) is 0 Å². The molecule has 1 atom stereocenters. The maximum absolute atomic E-state index is 12.7. The molecule has 1 aliphatic rings. The molecule has 3 rings (SSSR count). The topological polar surface area (TPSA) is 83.8 Å². The monoisotopic (exact) mass is 373 g/mol. The molecule has 0 N–H and O–H groups in total. The standard InChI is InChI=1S/C18H16ClN3O4/c1-12-17(23)21(15-8-4-14(19)5-9-15)11-10-20(12)18(24)13-2-6-16(7-3-13)22(25)26/h2-9,12H,10-11H2,1H3/t12-/m0/s1. The third-order valence-electron chi connectivity index (χ3n) is 4.38. The summed E-state index contributed by atoms with van der Waals surface area (Å²) in [7, 11) is 0. The Morgan fingerprint density at radius 1 is 1.12 bits per heavy atom. The van der Waals surface area contributed by atoms with Crippen molar-refractivity contribution in [3.63, 3.8) is 0 Å². The van der Waals surface area contributed by atoms with Gasteiger partial charge in [-0.2, -0.15) is 0 Å². The lowest BCUT2D eigenvalue weighted by Gasteiger charge is -2.39. The number of nitro benzene ring substituents is 1. The molecule has 1 saturated heterocycles. The van der Waals surface area contributed by atoms with Crippen LogP contribution >= 0.6 is 11.6 Å². The zero-order valence-corrected chi connectivity index (χ0v) is 14.7. The molecule has 2 aromatic carbocycles. The summed E-state index contributed by atoms with van der Waals surface area (Å²) in [5.41, 5.74) is 0.960. The Morgan fingerprint density at radius 3 is 2.31 bits per heavy atom. The molecule has 2 aromatic rings. The Hall–Kier alpha value is -2.93. The van der Waals surface area contributed by atoms with Crippen LogP contribution in [0.3, 0.4) is 0 Å². The normalized spacial score (nSPS) is 17.3. The van der Waals surface area contributed by atoms with Gasteiger partial charge in [-0.25, -0.2) is 0 Å². The van der Waals surface area contributed by atoms with Gasteiger partial charge in [0.05, 0.1) is 4.92 Å². The molecule has 134 valence electrons. The number of hydrogen-bond donors (Lipinski definition) is 0. The summed E-state index contributed by atoms with van der Waals surface area (Å²) in [6.07, 6.45) is 0. The van der Waals surface area contributed by atoms with E-state index in [2.05, 4.69) is 0 Å². The number of hydrogen-bond acceptors (Lipinski definition) is 4. The second kappa shape index (κ2) is 7.13. The van der Waals surface area contributed by atoms with Crippen LogP contribution in [-0.2, 0) is 4.79 Å². The first-order valence-electron chi connectivity index (χ1n) is 8.01. The largest absolute Gasteiger partial charge is 0.325 e. The quantitative estimate of drug-likeness (QED) is 0.611. The number of anilines is 1. The van der Waals surface area contributed by atoms with Gasteiger partial charge in [-0.15, -0.1) is 0 Å². The highest BCUT2D eigenvalue weighted by Gasteiger charge is 2.35. The minimum absolute atomic E-state index is 0.0850. The Balaban J connectivity index is 1.76. The molecule has 26 heavy (non-hydrogen) atoms. The molecule has 7 nitrogen and oxygen atoms in total. The highest BCUT2D eigenvalue weighted by atomic mass is 35.5. The summed E-state index contributed by atoms with van der Waals surface area (Å²) in [4.78, 5) is 38.7. The molecule has 0 bridgehead atoms. The summed E-state index contributed by atoms with van der Waals surface area (Å²) < 4.78 is 0. The van der Waals surface area contributed by atoms with Gasteiger partial charge in [0.1, 0.15) is 6.04 Å². The van der Waals surface area contributed by atoms with Crippen LogP contribution in [0.4, 0.5) is 11.4 Å². The van der Waals surface area contributed by atoms with Crippen LogP contribution < -0.4 is 4.90 Å². The third kappa shape index (κ3) is 3.39. The molecule has 0 aromatic heterocycles. The van der Waals surface area contributed by atoms with Gasteiger partial charge in [-0.3, -0.25) is 19.7 Å². The van der Waals surface area contributed by atoms with Crippen molar-refractivity contribution in [1.82, 2.24) is 4.90 Å². The summed E-state index contributed by atoms with van der Waals surface area (Å²) in [5.74, 6) is -0.509. The zero-order chi connectivity index (χ0) is 18.8. The summed E-state index contributed by atoms with van der Waals surface area (Å²) in [5, 5.41) is 11.3. The summed E-state index contributed by atoms with van der Waals surface area (Å²) in [6.45, 7) is 2.41. The van der Waals surface area contributed by atoms with E-state index < -0.39 is 11.0 Å². The van der Waals surface area contributed by atoms with E-state index in [9.17, 15) is 19.7 Å². The van der Waals surface area contributed by atoms with E-state index in [0.717, 1.165) is 5.69 Å². The van der Waals surface area contributed by atoms with Gasteiger partial charge in [0.2, 0.25) is 5.91 Å². The number of benzene rings is 2. The summed E-state index contributed by atoms with van der Waals surface area (Å²) in [6, 6.07) is 11.7. The SMILES string of the molecule is C[C@H]1C(=O)N(c2ccc(Cl)cc2)CCN1C(=O)c1ccc([N+](=O)[O-])cc1. The van der Waals surface area contributed by atoms with Crippen LogP contribution in [0.2, 0.25) is 5.02 Å². The molecule has 1 heterocycles. The van der Waals surface area contributed by atoms with Crippen LogP contribution in [0, 0.1) is 10.1 Å². The minimum Gasteiger partial charge on any atom is -0.325 e. The van der Waals surface area contributed by atoms with Crippen LogP contribution in [0.1, 0.15) is 17.3 Å². The van der Waals surface area contributed by atoms with Gasteiger partial charge in [-0.05, 0) is 43.3 Å². The number of halogens is 1. The number of carbonyl (C=O) groups excluding carboxylic acids is 2. The maximum Gasteiger partial charge on any atom is 0.269 e. The van der Waals surface area contributed by atoms with E-state index in [1.807, 2.05) is 0 Å². The van der Waals surface area contributed by atoms with Crippen molar-refractivity contribution in [2.75, 3.05) is 18.0 Å². The predicted molar refractivity (Wildman–Crippen MR) is 97.4 cm³/mol. The molecule has 8 heteroatoms. The molecule has 0 saturated carbocycles. The molecule has 1 aliphatic heterocycles. The van der Waals surface area contributed by atoms with E-state index in [-0.39, 0.29) is 17.5 Å². The van der Waals surface area contributed by atoms with Crippen LogP contribution in [-0.4, -0.2) is 40.8 Å². The second-order valence-corrected chi connectivity index (χ2v) is 6.38. The maximum atomic E-state index is 12.7. The molecule has 0 aliphatic carbocycles. The Bertz CT molecular complexity index is 852. The Labute approximate surface area is 154 Å². The van der Waals surface area contributed by atoms with Crippen molar-refractivity contribution in [3.8, 4) is 0 Å². The second-order valence-electron chi connectivity index (χ2n) is 5.94. The van der Waals surface area contributed by atoms with Crippen LogP contribution in [0.25, 0.3) is 0 Å². The summed E-state index contributed by atoms with van der Waals surface area (Å²) >= 11 is 5.88. The zero-order valence-electron chi connectivity index (χ0n) is 14.0. The van der Waals surface area contributed by atoms with Gasteiger partial charge in [-0.1, -0.05) is 11.6 Å². The lowest BCUT2D eigenvalue weighted by atomic mass is 10.1. The molecule has 1 fully saturated rings. The van der Waals surface area contributed by atoms with Gasteiger partial charge >= 0.3 is 0 Å². The van der Waals surface area contributed by atoms with Gasteiger partial charge in [0.25, 0.3) is 11.6 Å². The van der Waals surface area contributed by atoms with Gasteiger partial charge in [0.15, 0.2) is 0 Å². The fraction of sp³-hybridized carbons (Fsp3) is 0.222. The van der Waals surface area contributed by atoms with E-state index in [0.29, 0.717) is 23.7 Å². The van der Waals surface area contributed by atoms with Crippen molar-refractivity contribution >= 4 is 34.8 Å². The smallest absolute Gasteiger partial charge is 0.269 e. The first-order chi connectivity index (χ1) is 12.4. The van der Waals surface area contributed by atoms with E-state index in [1.54, 1.807) is 36.1 Å². The number of non-ortho nitro benzene ring substituents is 1. The first-order valence-corrected chi connectivity index (χ1v) is 8.38. The number of rotatable bonds is 3. The number of nitro groups is 1. The average molecular weight is 374 g/mol. The minimum atomic E-state index is -0.637. The molecule has 0 spiro atoms. The van der Waals surface area contributed by atoms with Gasteiger partial charge in [0, 0.05) is 41.5 Å². The van der Waals surface area contributed by atoms with Crippen molar-refractivity contribution in [2.24, 2.45) is 0 Å². The van der Waals surface area contributed by atoms with Crippen LogP contribution in [0.15, 0.2) is 48.5 Å². The van der Waals surface area contributed by atoms with Crippen molar-refractivity contribution in [2.45, 2.75) is 13.0 Å².